The average molecular weight is 1150 g/mol. The molecule has 0 amide bonds. The highest BCUT2D eigenvalue weighted by Crippen LogP contribution is 2.44. The Bertz CT molecular complexity index is 2820. The van der Waals surface area contributed by atoms with Crippen LogP contribution in [-0.2, 0) is 0 Å². The highest BCUT2D eigenvalue weighted by atomic mass is 32.2. The highest BCUT2D eigenvalue weighted by molar-refractivity contribution is 8.00. The molecule has 0 bridgehead atoms. The van der Waals surface area contributed by atoms with E-state index in [2.05, 4.69) is 234 Å². The Balaban J connectivity index is 1.07. The van der Waals surface area contributed by atoms with Crippen molar-refractivity contribution in [3.63, 3.8) is 0 Å². The van der Waals surface area contributed by atoms with Gasteiger partial charge < -0.3 is 0 Å². The zero-order valence-corrected chi connectivity index (χ0v) is 52.7. The smallest absolute Gasteiger partial charge is 0.00723 e. The average Bonchev–Trinajstić information content (AvgIpc) is 3.65. The second kappa shape index (κ2) is 33.0. The normalized spacial score (nSPS) is 11.4. The fourth-order valence-electron chi connectivity index (χ4n) is 10.8. The van der Waals surface area contributed by atoms with Crippen molar-refractivity contribution in [2.75, 3.05) is 23.0 Å². The fraction of sp³-hybridized carbons (Fsp3) is 0.308. The van der Waals surface area contributed by atoms with Gasteiger partial charge in [-0.25, -0.2) is 0 Å². The van der Waals surface area contributed by atoms with Crippen molar-refractivity contribution in [1.82, 2.24) is 0 Å². The molecule has 0 aliphatic heterocycles. The van der Waals surface area contributed by atoms with E-state index in [4.69, 9.17) is 0 Å². The molecule has 0 N–H and O–H groups in total. The summed E-state index contributed by atoms with van der Waals surface area (Å²) in [5, 5.41) is 0. The monoisotopic (exact) mass is 1150 g/mol. The molecule has 9 rings (SSSR count). The van der Waals surface area contributed by atoms with Crippen LogP contribution in [0.1, 0.15) is 130 Å². The van der Waals surface area contributed by atoms with Gasteiger partial charge >= 0.3 is 0 Å². The minimum atomic E-state index is 1.18. The Morgan fingerprint density at radius 2 is 0.341 bits per heavy atom. The van der Waals surface area contributed by atoms with Crippen molar-refractivity contribution in [2.24, 2.45) is 0 Å². The van der Waals surface area contributed by atoms with Gasteiger partial charge in [0.1, 0.15) is 0 Å². The number of thioether (sulfide) groups is 4. The van der Waals surface area contributed by atoms with E-state index in [0.29, 0.717) is 0 Å². The van der Waals surface area contributed by atoms with E-state index in [1.807, 2.05) is 47.0 Å². The number of hydrogen-bond donors (Lipinski definition) is 0. The molecule has 0 aliphatic rings. The third kappa shape index (κ3) is 17.7. The summed E-state index contributed by atoms with van der Waals surface area (Å²) >= 11 is 7.93. The lowest BCUT2D eigenvalue weighted by molar-refractivity contribution is 0.706. The van der Waals surface area contributed by atoms with Crippen LogP contribution in [0.5, 0.6) is 0 Å². The maximum Gasteiger partial charge on any atom is 0.00723 e. The van der Waals surface area contributed by atoms with Gasteiger partial charge in [-0.3, -0.25) is 0 Å². The molecule has 0 fully saturated rings. The summed E-state index contributed by atoms with van der Waals surface area (Å²) in [7, 11) is 0. The molecule has 422 valence electrons. The third-order valence-corrected chi connectivity index (χ3v) is 20.2. The van der Waals surface area contributed by atoms with Gasteiger partial charge in [-0.1, -0.05) is 250 Å². The van der Waals surface area contributed by atoms with E-state index in [0.717, 1.165) is 0 Å². The summed E-state index contributed by atoms with van der Waals surface area (Å²) in [4.78, 5) is 5.40. The third-order valence-electron chi connectivity index (χ3n) is 15.8. The fourth-order valence-corrected chi connectivity index (χ4v) is 14.4. The Kier molecular flexibility index (Phi) is 24.5. The Hall–Kier alpha value is -5.62. The molecule has 0 radical (unpaired) electrons. The van der Waals surface area contributed by atoms with Crippen LogP contribution in [-0.4, -0.2) is 23.0 Å². The second-order valence-electron chi connectivity index (χ2n) is 22.0. The van der Waals surface area contributed by atoms with Crippen LogP contribution in [0.25, 0.3) is 89.0 Å². The first-order valence-corrected chi connectivity index (χ1v) is 35.0. The zero-order chi connectivity index (χ0) is 56.6. The lowest BCUT2D eigenvalue weighted by Crippen LogP contribution is -1.93. The molecule has 0 atom stereocenters. The molecule has 0 heterocycles. The van der Waals surface area contributed by atoms with E-state index in [9.17, 15) is 0 Å². The van der Waals surface area contributed by atoms with Gasteiger partial charge in [0.05, 0.1) is 0 Å². The lowest BCUT2D eigenvalue weighted by Gasteiger charge is -2.19. The van der Waals surface area contributed by atoms with Gasteiger partial charge in [0.25, 0.3) is 0 Å². The minimum absolute atomic E-state index is 1.18. The summed E-state index contributed by atoms with van der Waals surface area (Å²) in [6.45, 7) is 9.13. The molecule has 0 saturated carbocycles. The Morgan fingerprint density at radius 1 is 0.183 bits per heavy atom. The van der Waals surface area contributed by atoms with Gasteiger partial charge in [-0.05, 0) is 198 Å². The number of hydrogen-bond acceptors (Lipinski definition) is 4. The molecular weight excluding hydrogens is 1070 g/mol. The molecule has 0 unspecified atom stereocenters. The van der Waals surface area contributed by atoms with Crippen LogP contribution in [0.15, 0.2) is 226 Å². The van der Waals surface area contributed by atoms with E-state index in [1.165, 1.54) is 234 Å². The quantitative estimate of drug-likeness (QED) is 0.0304. The van der Waals surface area contributed by atoms with Crippen LogP contribution in [0, 0.1) is 0 Å². The van der Waals surface area contributed by atoms with Crippen molar-refractivity contribution in [3.8, 4) is 89.0 Å². The molecule has 0 saturated heterocycles. The SMILES string of the molecule is CCCCCCSc1ccc(-c2ccc(-c3cc(-c4ccc(-c5ccc(SCCCCCC)cc5)cc4)c(-c4ccc(-c5ccc(SCCCCCC)cc5)cc4)cc3-c3ccc(-c4ccc(SCCCCCC)cc4)cc3)cc2)cc1. The van der Waals surface area contributed by atoms with E-state index in [-0.39, 0.29) is 0 Å². The second-order valence-corrected chi connectivity index (χ2v) is 26.7. The summed E-state index contributed by atoms with van der Waals surface area (Å²) in [5.41, 5.74) is 19.6. The van der Waals surface area contributed by atoms with Gasteiger partial charge in [-0.15, -0.1) is 47.0 Å². The molecule has 4 heteroatoms. The molecule has 9 aromatic rings. The van der Waals surface area contributed by atoms with Crippen molar-refractivity contribution in [3.05, 3.63) is 206 Å². The van der Waals surface area contributed by atoms with Crippen molar-refractivity contribution in [1.29, 1.82) is 0 Å². The van der Waals surface area contributed by atoms with E-state index < -0.39 is 0 Å². The largest absolute Gasteiger partial charge is 0.126 e. The van der Waals surface area contributed by atoms with Gasteiger partial charge in [0.2, 0.25) is 0 Å². The molecular formula is C78H86S4. The standard InChI is InChI=1S/C78H86S4/c1-5-9-13-17-53-79-71-45-37-63(38-46-71)59-21-29-67(30-22-59)75-57-77(69-33-25-61(26-34-69)65-41-49-73(50-42-65)81-55-19-15-11-7-3)78(70-35-27-62(28-36-70)66-43-51-74(52-44-66)82-56-20-16-12-8-4)58-76(75)68-31-23-60(24-32-68)64-39-47-72(48-40-64)80-54-18-14-10-6-2/h21-52,57-58H,5-20,53-56H2,1-4H3. The Labute approximate surface area is 511 Å². The summed E-state index contributed by atoms with van der Waals surface area (Å²) < 4.78 is 0. The van der Waals surface area contributed by atoms with Crippen LogP contribution in [0.3, 0.4) is 0 Å². The summed E-state index contributed by atoms with van der Waals surface area (Å²) in [6, 6.07) is 79.0. The topological polar surface area (TPSA) is 0 Å². The zero-order valence-electron chi connectivity index (χ0n) is 49.4. The molecule has 82 heavy (non-hydrogen) atoms. The number of unbranched alkanes of at least 4 members (excludes halogenated alkanes) is 12. The summed E-state index contributed by atoms with van der Waals surface area (Å²) in [6.07, 6.45) is 20.8. The molecule has 0 spiro atoms. The van der Waals surface area contributed by atoms with Crippen molar-refractivity contribution in [2.45, 2.75) is 150 Å². The van der Waals surface area contributed by atoms with Crippen LogP contribution in [0.4, 0.5) is 0 Å². The van der Waals surface area contributed by atoms with Crippen LogP contribution < -0.4 is 0 Å². The minimum Gasteiger partial charge on any atom is -0.126 e. The van der Waals surface area contributed by atoms with Gasteiger partial charge in [-0.2, -0.15) is 0 Å². The van der Waals surface area contributed by atoms with Crippen molar-refractivity contribution < 1.29 is 0 Å². The maximum atomic E-state index is 2.48. The first-order chi connectivity index (χ1) is 40.5. The van der Waals surface area contributed by atoms with Crippen molar-refractivity contribution >= 4 is 47.0 Å². The first-order valence-electron chi connectivity index (χ1n) is 31.0. The van der Waals surface area contributed by atoms with Crippen LogP contribution in [0.2, 0.25) is 0 Å². The predicted molar refractivity (Wildman–Crippen MR) is 369 cm³/mol. The van der Waals surface area contributed by atoms with Gasteiger partial charge in [0, 0.05) is 19.6 Å². The molecule has 9 aromatic carbocycles. The van der Waals surface area contributed by atoms with E-state index >= 15 is 0 Å². The van der Waals surface area contributed by atoms with Gasteiger partial charge in [0.15, 0.2) is 0 Å². The number of benzene rings is 9. The van der Waals surface area contributed by atoms with Crippen LogP contribution >= 0.6 is 47.0 Å². The molecule has 0 aromatic heterocycles. The summed E-state index contributed by atoms with van der Waals surface area (Å²) in [5.74, 6) is 4.72. The van der Waals surface area contributed by atoms with E-state index in [1.54, 1.807) is 0 Å². The lowest BCUT2D eigenvalue weighted by atomic mass is 9.84. The molecule has 0 aliphatic carbocycles. The highest BCUT2D eigenvalue weighted by Gasteiger charge is 2.18. The number of rotatable bonds is 32. The Morgan fingerprint density at radius 3 is 0.512 bits per heavy atom. The molecule has 0 nitrogen and oxygen atoms in total. The predicted octanol–water partition coefficient (Wildman–Crippen LogP) is 25.7. The maximum absolute atomic E-state index is 2.48. The first kappa shape index (κ1) is 61.0.